The van der Waals surface area contributed by atoms with Crippen molar-refractivity contribution in [2.45, 2.75) is 244 Å². The first-order valence-electron chi connectivity index (χ1n) is 32.9. The molecule has 2 aliphatic heterocycles. The lowest BCUT2D eigenvalue weighted by molar-refractivity contribution is 0.332. The number of anilines is 6. The van der Waals surface area contributed by atoms with Gasteiger partial charge in [0.1, 0.15) is 0 Å². The summed E-state index contributed by atoms with van der Waals surface area (Å²) in [5.74, 6) is 0.497. The maximum Gasteiger partial charge on any atom is 0.252 e. The van der Waals surface area contributed by atoms with Crippen LogP contribution in [0.4, 0.5) is 34.1 Å². The fraction of sp³-hybridized carbons (Fsp3) is 0.475. The van der Waals surface area contributed by atoms with E-state index >= 15 is 0 Å². The van der Waals surface area contributed by atoms with Crippen LogP contribution in [0.5, 0.6) is 0 Å². The molecule has 1 aromatic heterocycles. The minimum Gasteiger partial charge on any atom is -0.311 e. The second-order valence-electron chi connectivity index (χ2n) is 33.2. The van der Waals surface area contributed by atoms with Crippen molar-refractivity contribution in [3.05, 3.63) is 169 Å². The molecule has 0 radical (unpaired) electrons. The van der Waals surface area contributed by atoms with Gasteiger partial charge < -0.3 is 9.80 Å². The van der Waals surface area contributed by atoms with Crippen LogP contribution in [0.3, 0.4) is 0 Å². The van der Waals surface area contributed by atoms with Gasteiger partial charge in [0.2, 0.25) is 0 Å². The quantitative estimate of drug-likeness (QED) is 0.163. The molecule has 0 bridgehead atoms. The summed E-state index contributed by atoms with van der Waals surface area (Å²) in [4.78, 5) is 5.75. The Bertz CT molecular complexity index is 4180. The average Bonchev–Trinajstić information content (AvgIpc) is 1.02. The fourth-order valence-electron chi connectivity index (χ4n) is 18.4. The van der Waals surface area contributed by atoms with Crippen molar-refractivity contribution in [2.24, 2.45) is 0 Å². The second kappa shape index (κ2) is 17.6. The van der Waals surface area contributed by atoms with Gasteiger partial charge in [-0.2, -0.15) is 0 Å². The average molecular weight is 1130 g/mol. The van der Waals surface area contributed by atoms with Crippen LogP contribution in [0.1, 0.15) is 260 Å². The van der Waals surface area contributed by atoms with Crippen molar-refractivity contribution in [1.29, 1.82) is 0 Å². The van der Waals surface area contributed by atoms with E-state index in [4.69, 9.17) is 0 Å². The molecule has 0 spiro atoms. The third-order valence-corrected chi connectivity index (χ3v) is 25.5. The minimum absolute atomic E-state index is 0.00316. The zero-order valence-electron chi connectivity index (χ0n) is 54.5. The van der Waals surface area contributed by atoms with Crippen LogP contribution in [0.2, 0.25) is 0 Å². The molecule has 5 aliphatic carbocycles. The largest absolute Gasteiger partial charge is 0.311 e. The number of nitrogens with zero attached hydrogens (tertiary/aromatic N) is 2. The topological polar surface area (TPSA) is 6.48 Å². The van der Waals surface area contributed by atoms with Crippen molar-refractivity contribution in [2.75, 3.05) is 9.80 Å². The van der Waals surface area contributed by atoms with Gasteiger partial charge in [-0.3, -0.25) is 0 Å². The zero-order chi connectivity index (χ0) is 59.1. The fourth-order valence-corrected chi connectivity index (χ4v) is 19.7. The number of aryl methyl sites for hydroxylation is 2. The number of rotatable bonds is 3. The number of hydrogen-bond acceptors (Lipinski definition) is 3. The van der Waals surface area contributed by atoms with Gasteiger partial charge in [0, 0.05) is 54.7 Å². The Balaban J connectivity index is 1.11. The van der Waals surface area contributed by atoms with Gasteiger partial charge in [-0.25, -0.2) is 0 Å². The molecule has 15 rings (SSSR count). The van der Waals surface area contributed by atoms with Crippen molar-refractivity contribution in [3.8, 4) is 0 Å². The standard InChI is InChI=1S/C80H93BN2S/c1-46-36-54-57(76(9,10)33-30-73(54,3)4)42-64(46)82-66-44-61-60(79(15,16)52-26-22-23-27-53(52)80(61,17)18)41-63(66)81-62-29-28-50-51-40-56-59(78(13,14)35-32-75(56,7)8)45-69(51)84-72(50)71(62)83(68-39-49(38-67(82)70(68)81)48-24-20-19-21-25-48)65-43-58-55(37-47(65)2)74(5,6)31-34-77(58,11)12/h22-23,26-29,36-45,48H,19-21,24-25,30-35H2,1-18H3. The van der Waals surface area contributed by atoms with Gasteiger partial charge in [-0.15, -0.1) is 11.3 Å². The highest BCUT2D eigenvalue weighted by Gasteiger charge is 2.51. The van der Waals surface area contributed by atoms with Crippen LogP contribution < -0.4 is 26.2 Å². The molecule has 2 nitrogen and oxygen atoms in total. The minimum atomic E-state index is -0.215. The molecule has 8 aromatic rings. The first-order chi connectivity index (χ1) is 39.4. The second-order valence-corrected chi connectivity index (χ2v) is 34.3. The highest BCUT2D eigenvalue weighted by molar-refractivity contribution is 7.26. The summed E-state index contributed by atoms with van der Waals surface area (Å²) in [5, 5.41) is 2.83. The molecule has 84 heavy (non-hydrogen) atoms. The Morgan fingerprint density at radius 1 is 0.393 bits per heavy atom. The Labute approximate surface area is 509 Å². The van der Waals surface area contributed by atoms with E-state index in [9.17, 15) is 0 Å². The molecule has 3 heterocycles. The lowest BCUT2D eigenvalue weighted by Crippen LogP contribution is -2.62. The Hall–Kier alpha value is -5.58. The van der Waals surface area contributed by atoms with Gasteiger partial charge >= 0.3 is 0 Å². The molecule has 1 fully saturated rings. The van der Waals surface area contributed by atoms with Gasteiger partial charge in [-0.05, 0) is 235 Å². The molecule has 432 valence electrons. The van der Waals surface area contributed by atoms with Crippen LogP contribution in [0.25, 0.3) is 20.2 Å². The number of hydrogen-bond donors (Lipinski definition) is 0. The van der Waals surface area contributed by atoms with Crippen LogP contribution in [-0.2, 0) is 43.3 Å². The van der Waals surface area contributed by atoms with E-state index < -0.39 is 0 Å². The van der Waals surface area contributed by atoms with Crippen molar-refractivity contribution in [1.82, 2.24) is 0 Å². The van der Waals surface area contributed by atoms with E-state index in [-0.39, 0.29) is 50.0 Å². The van der Waals surface area contributed by atoms with Crippen molar-refractivity contribution < 1.29 is 0 Å². The van der Waals surface area contributed by atoms with Crippen LogP contribution >= 0.6 is 11.3 Å². The van der Waals surface area contributed by atoms with E-state index in [1.807, 2.05) is 0 Å². The summed E-state index contributed by atoms with van der Waals surface area (Å²) in [6.45, 7) is 45.1. The zero-order valence-corrected chi connectivity index (χ0v) is 55.3. The van der Waals surface area contributed by atoms with E-state index in [1.54, 1.807) is 11.1 Å². The first-order valence-corrected chi connectivity index (χ1v) is 33.7. The highest BCUT2D eigenvalue weighted by Crippen LogP contribution is 2.59. The number of benzene rings is 7. The van der Waals surface area contributed by atoms with Gasteiger partial charge in [0.15, 0.2) is 0 Å². The summed E-state index contributed by atoms with van der Waals surface area (Å²) in [6.07, 6.45) is 13.6. The normalized spacial score (nSPS) is 22.0. The summed E-state index contributed by atoms with van der Waals surface area (Å²) >= 11 is 2.08. The lowest BCUT2D eigenvalue weighted by atomic mass is 9.33. The van der Waals surface area contributed by atoms with Gasteiger partial charge in [-0.1, -0.05) is 185 Å². The highest BCUT2D eigenvalue weighted by atomic mass is 32.1. The van der Waals surface area contributed by atoms with E-state index in [0.29, 0.717) is 5.92 Å². The summed E-state index contributed by atoms with van der Waals surface area (Å²) in [6, 6.07) is 41.7. The molecule has 0 N–H and O–H groups in total. The third-order valence-electron chi connectivity index (χ3n) is 24.3. The lowest BCUT2D eigenvalue weighted by Gasteiger charge is -2.49. The SMILES string of the molecule is Cc1cc2c(cc1N1c3cc4c(cc3B3c5ccc6c(sc7cc8c(cc76)C(C)(C)CCC8(C)C)c5N(c5cc6c(cc5C)C(C)(C)CCC6(C)C)c5cc(C6CCCCC6)cc1c53)C(C)(C)c1ccccc1C4(C)C)C(C)(C)CCC2(C)C. The monoisotopic (exact) mass is 1120 g/mol. The van der Waals surface area contributed by atoms with Crippen LogP contribution in [0, 0.1) is 13.8 Å². The molecule has 0 atom stereocenters. The summed E-state index contributed by atoms with van der Waals surface area (Å²) in [5.41, 5.74) is 32.0. The van der Waals surface area contributed by atoms with E-state index in [0.717, 1.165) is 0 Å². The Kier molecular flexibility index (Phi) is 11.5. The number of thiophene rings is 1. The Morgan fingerprint density at radius 3 is 1.36 bits per heavy atom. The molecule has 0 unspecified atom stereocenters. The molecular weight excluding hydrogens is 1030 g/mol. The van der Waals surface area contributed by atoms with Gasteiger partial charge in [0.25, 0.3) is 6.71 Å². The molecule has 7 aliphatic rings. The van der Waals surface area contributed by atoms with Gasteiger partial charge in [0.05, 0.1) is 10.4 Å². The maximum absolute atomic E-state index is 2.89. The van der Waals surface area contributed by atoms with Crippen LogP contribution in [-0.4, -0.2) is 6.71 Å². The molecular formula is C80H93BN2S. The molecule has 0 amide bonds. The summed E-state index contributed by atoms with van der Waals surface area (Å²) < 4.78 is 2.86. The van der Waals surface area contributed by atoms with Crippen molar-refractivity contribution >= 4 is 88.7 Å². The molecule has 0 saturated heterocycles. The maximum atomic E-state index is 2.89. The summed E-state index contributed by atoms with van der Waals surface area (Å²) in [7, 11) is 0. The number of fused-ring (bicyclic) bond motifs is 13. The van der Waals surface area contributed by atoms with Crippen molar-refractivity contribution in [3.63, 3.8) is 0 Å². The van der Waals surface area contributed by atoms with E-state index in [1.165, 1.54) is 203 Å². The molecule has 1 saturated carbocycles. The predicted octanol–water partition coefficient (Wildman–Crippen LogP) is 20.8. The predicted molar refractivity (Wildman–Crippen MR) is 365 cm³/mol. The first kappa shape index (κ1) is 55.0. The third kappa shape index (κ3) is 7.58. The van der Waals surface area contributed by atoms with Crippen LogP contribution in [0.15, 0.2) is 97.1 Å². The molecule has 4 heteroatoms. The smallest absolute Gasteiger partial charge is 0.252 e. The van der Waals surface area contributed by atoms with E-state index in [2.05, 4.69) is 243 Å². The molecule has 7 aromatic carbocycles. The Morgan fingerprint density at radius 2 is 0.833 bits per heavy atom.